The number of rotatable bonds is 6. The lowest BCUT2D eigenvalue weighted by Gasteiger charge is -2.18. The van der Waals surface area contributed by atoms with Crippen LogP contribution in [0, 0.1) is 13.8 Å². The third-order valence-electron chi connectivity index (χ3n) is 5.50. The van der Waals surface area contributed by atoms with Crippen molar-refractivity contribution >= 4 is 22.6 Å². The van der Waals surface area contributed by atoms with E-state index in [2.05, 4.69) is 36.3 Å². The number of carbonyl (C=O) groups is 1. The Balaban J connectivity index is 1.98. The minimum absolute atomic E-state index is 0.371. The molecule has 1 aliphatic heterocycles. The van der Waals surface area contributed by atoms with Crippen molar-refractivity contribution in [2.75, 3.05) is 25.5 Å². The number of anilines is 1. The Labute approximate surface area is 186 Å². The van der Waals surface area contributed by atoms with Gasteiger partial charge in [-0.15, -0.1) is 0 Å². The number of hydrogen-bond acceptors (Lipinski definition) is 5. The minimum Gasteiger partial charge on any atom is -0.482 e. The number of nitrogens with zero attached hydrogens (tertiary/aromatic N) is 1. The van der Waals surface area contributed by atoms with Gasteiger partial charge < -0.3 is 19.6 Å². The summed E-state index contributed by atoms with van der Waals surface area (Å²) in [5.74, 6) is 0.269. The molecule has 1 heterocycles. The van der Waals surface area contributed by atoms with Crippen molar-refractivity contribution in [2.45, 2.75) is 20.8 Å². The zero-order chi connectivity index (χ0) is 22.8. The van der Waals surface area contributed by atoms with Crippen LogP contribution >= 0.6 is 0 Å². The molecule has 6 heteroatoms. The predicted octanol–water partition coefficient (Wildman–Crippen LogP) is 5.25. The van der Waals surface area contributed by atoms with E-state index in [1.807, 2.05) is 31.2 Å². The molecule has 6 nitrogen and oxygen atoms in total. The summed E-state index contributed by atoms with van der Waals surface area (Å²) in [6.45, 7) is 6.64. The summed E-state index contributed by atoms with van der Waals surface area (Å²) in [6.07, 6.45) is 0. The fourth-order valence-electron chi connectivity index (χ4n) is 3.98. The van der Waals surface area contributed by atoms with E-state index in [1.165, 1.54) is 0 Å². The van der Waals surface area contributed by atoms with E-state index >= 15 is 0 Å². The van der Waals surface area contributed by atoms with Crippen LogP contribution in [0.4, 0.5) is 5.69 Å². The Morgan fingerprint density at radius 1 is 1.09 bits per heavy atom. The highest BCUT2D eigenvalue weighted by atomic mass is 16.5. The lowest BCUT2D eigenvalue weighted by molar-refractivity contribution is -0.139. The maximum atomic E-state index is 10.8. The van der Waals surface area contributed by atoms with E-state index in [0.29, 0.717) is 5.75 Å². The van der Waals surface area contributed by atoms with Gasteiger partial charge in [-0.3, -0.25) is 4.99 Å². The van der Waals surface area contributed by atoms with Crippen LogP contribution in [-0.4, -0.2) is 31.3 Å². The second kappa shape index (κ2) is 8.75. The summed E-state index contributed by atoms with van der Waals surface area (Å²) < 4.78 is 11.7. The largest absolute Gasteiger partial charge is 0.482 e. The van der Waals surface area contributed by atoms with Crippen LogP contribution < -0.4 is 15.4 Å². The SMILES string of the molecule is CCNc1cc2oc3cc(=NC)c(C)cc-3c(-c3ccc(OCC(=O)O)cc3)c2cc1C. The molecule has 164 valence electrons. The molecule has 1 aliphatic carbocycles. The van der Waals surface area contributed by atoms with E-state index in [0.717, 1.165) is 62.1 Å². The van der Waals surface area contributed by atoms with Crippen molar-refractivity contribution in [3.63, 3.8) is 0 Å². The summed E-state index contributed by atoms with van der Waals surface area (Å²) in [5, 5.41) is 14.1. The maximum absolute atomic E-state index is 10.8. The molecule has 0 radical (unpaired) electrons. The fraction of sp³-hybridized carbons (Fsp3) is 0.231. The van der Waals surface area contributed by atoms with Crippen LogP contribution in [0.3, 0.4) is 0 Å². The number of carboxylic acid groups (broad SMARTS) is 1. The first-order valence-electron chi connectivity index (χ1n) is 10.5. The second-order valence-corrected chi connectivity index (χ2v) is 7.74. The van der Waals surface area contributed by atoms with Crippen molar-refractivity contribution in [2.24, 2.45) is 4.99 Å². The monoisotopic (exact) mass is 430 g/mol. The van der Waals surface area contributed by atoms with Crippen LogP contribution in [0.25, 0.3) is 33.4 Å². The number of hydrogen-bond donors (Lipinski definition) is 2. The Hall–Kier alpha value is -3.80. The highest BCUT2D eigenvalue weighted by Gasteiger charge is 2.19. The molecule has 32 heavy (non-hydrogen) atoms. The first kappa shape index (κ1) is 21.4. The van der Waals surface area contributed by atoms with Gasteiger partial charge in [0.25, 0.3) is 0 Å². The van der Waals surface area contributed by atoms with Crippen molar-refractivity contribution in [1.82, 2.24) is 0 Å². The molecule has 2 aliphatic rings. The van der Waals surface area contributed by atoms with Crippen LogP contribution in [0.1, 0.15) is 18.1 Å². The number of aliphatic carboxylic acids is 1. The van der Waals surface area contributed by atoms with Crippen LogP contribution in [-0.2, 0) is 4.79 Å². The van der Waals surface area contributed by atoms with E-state index in [1.54, 1.807) is 19.2 Å². The number of ether oxygens (including phenoxy) is 1. The zero-order valence-corrected chi connectivity index (χ0v) is 18.7. The van der Waals surface area contributed by atoms with Crippen molar-refractivity contribution < 1.29 is 19.1 Å². The average Bonchev–Trinajstić information content (AvgIpc) is 2.77. The molecular formula is C26H26N2O4. The van der Waals surface area contributed by atoms with E-state index in [-0.39, 0.29) is 6.61 Å². The molecule has 2 aromatic rings. The first-order valence-corrected chi connectivity index (χ1v) is 10.5. The molecule has 0 saturated heterocycles. The topological polar surface area (TPSA) is 84.1 Å². The van der Waals surface area contributed by atoms with Gasteiger partial charge in [0.1, 0.15) is 17.1 Å². The lowest BCUT2D eigenvalue weighted by atomic mass is 9.91. The Kier molecular flexibility index (Phi) is 5.86. The maximum Gasteiger partial charge on any atom is 0.341 e. The third-order valence-corrected chi connectivity index (χ3v) is 5.50. The molecular weight excluding hydrogens is 404 g/mol. The highest BCUT2D eigenvalue weighted by Crippen LogP contribution is 2.42. The third kappa shape index (κ3) is 4.04. The normalized spacial score (nSPS) is 11.8. The Morgan fingerprint density at radius 2 is 1.84 bits per heavy atom. The molecule has 2 aromatic carbocycles. The van der Waals surface area contributed by atoms with Gasteiger partial charge in [-0.25, -0.2) is 4.79 Å². The summed E-state index contributed by atoms with van der Waals surface area (Å²) in [4.78, 5) is 15.2. The molecule has 0 unspecified atom stereocenters. The molecule has 0 aromatic heterocycles. The zero-order valence-electron chi connectivity index (χ0n) is 18.7. The molecule has 0 atom stereocenters. The van der Waals surface area contributed by atoms with Gasteiger partial charge in [0.2, 0.25) is 0 Å². The van der Waals surface area contributed by atoms with Gasteiger partial charge in [0, 0.05) is 47.9 Å². The predicted molar refractivity (Wildman–Crippen MR) is 127 cm³/mol. The quantitative estimate of drug-likeness (QED) is 0.408. The fourth-order valence-corrected chi connectivity index (χ4v) is 3.98. The number of benzene rings is 3. The number of fused-ring (bicyclic) bond motifs is 2. The molecule has 0 amide bonds. The summed E-state index contributed by atoms with van der Waals surface area (Å²) >= 11 is 0. The van der Waals surface area contributed by atoms with Crippen molar-refractivity contribution in [1.29, 1.82) is 0 Å². The molecule has 4 rings (SSSR count). The van der Waals surface area contributed by atoms with Gasteiger partial charge in [0.15, 0.2) is 6.61 Å². The van der Waals surface area contributed by atoms with Crippen LogP contribution in [0.15, 0.2) is 57.9 Å². The smallest absolute Gasteiger partial charge is 0.341 e. The van der Waals surface area contributed by atoms with Crippen molar-refractivity contribution in [3.8, 4) is 28.2 Å². The van der Waals surface area contributed by atoms with Gasteiger partial charge in [-0.05, 0) is 61.7 Å². The second-order valence-electron chi connectivity index (χ2n) is 7.74. The Morgan fingerprint density at radius 3 is 2.50 bits per heavy atom. The van der Waals surface area contributed by atoms with Gasteiger partial charge >= 0.3 is 5.97 Å². The molecule has 2 N–H and O–H groups in total. The highest BCUT2D eigenvalue weighted by molar-refractivity contribution is 6.03. The Bertz CT molecular complexity index is 1340. The first-order chi connectivity index (χ1) is 15.4. The van der Waals surface area contributed by atoms with Crippen molar-refractivity contribution in [3.05, 3.63) is 65.0 Å². The lowest BCUT2D eigenvalue weighted by Crippen LogP contribution is -2.09. The van der Waals surface area contributed by atoms with E-state index in [9.17, 15) is 4.79 Å². The van der Waals surface area contributed by atoms with Gasteiger partial charge in [-0.2, -0.15) is 0 Å². The van der Waals surface area contributed by atoms with Crippen LogP contribution in [0.2, 0.25) is 0 Å². The molecule has 0 saturated carbocycles. The summed E-state index contributed by atoms with van der Waals surface area (Å²) in [7, 11) is 1.78. The average molecular weight is 431 g/mol. The van der Waals surface area contributed by atoms with Gasteiger partial charge in [-0.1, -0.05) is 12.1 Å². The molecule has 0 bridgehead atoms. The van der Waals surface area contributed by atoms with Crippen LogP contribution in [0.5, 0.6) is 5.75 Å². The minimum atomic E-state index is -1.00. The molecule has 0 fully saturated rings. The number of carboxylic acids is 1. The van der Waals surface area contributed by atoms with Gasteiger partial charge in [0.05, 0.1) is 5.36 Å². The standard InChI is InChI=1S/C26H26N2O4/c1-5-28-22-13-24-20(11-16(22)3)26(17-6-8-18(9-7-17)31-14-25(29)30)19-10-15(2)21(27-4)12-23(19)32-24/h6-13,28H,5,14H2,1-4H3,(H,29,30). The summed E-state index contributed by atoms with van der Waals surface area (Å²) in [5.41, 5.74) is 7.08. The molecule has 0 spiro atoms. The van der Waals surface area contributed by atoms with E-state index < -0.39 is 5.97 Å². The number of nitrogens with one attached hydrogen (secondary N) is 1. The van der Waals surface area contributed by atoms with E-state index in [4.69, 9.17) is 14.3 Å². The number of aryl methyl sites for hydroxylation is 2. The summed E-state index contributed by atoms with van der Waals surface area (Å²) in [6, 6.07) is 15.8.